The normalized spacial score (nSPS) is 18.9. The van der Waals surface area contributed by atoms with E-state index in [4.69, 9.17) is 9.72 Å². The zero-order chi connectivity index (χ0) is 34.9. The number of pyridine rings is 1. The highest BCUT2D eigenvalue weighted by molar-refractivity contribution is 8.00. The predicted molar refractivity (Wildman–Crippen MR) is 200 cm³/mol. The van der Waals surface area contributed by atoms with Crippen molar-refractivity contribution in [1.29, 1.82) is 0 Å². The number of carbonyl (C=O) groups excluding carboxylic acids is 2. The number of aromatic nitrogens is 3. The van der Waals surface area contributed by atoms with Gasteiger partial charge in [-0.05, 0) is 91.2 Å². The third-order valence-corrected chi connectivity index (χ3v) is 11.4. The van der Waals surface area contributed by atoms with E-state index in [-0.39, 0.29) is 33.9 Å². The molecule has 4 heterocycles. The topological polar surface area (TPSA) is 132 Å². The van der Waals surface area contributed by atoms with Gasteiger partial charge in [0.25, 0.3) is 0 Å². The average Bonchev–Trinajstić information content (AvgIpc) is 3.92. The summed E-state index contributed by atoms with van der Waals surface area (Å²) in [5, 5.41) is 9.17. The van der Waals surface area contributed by atoms with Crippen LogP contribution in [0.25, 0.3) is 44.1 Å². The summed E-state index contributed by atoms with van der Waals surface area (Å²) < 4.78 is 4.76. The van der Waals surface area contributed by atoms with E-state index in [1.807, 2.05) is 37.1 Å². The van der Waals surface area contributed by atoms with Gasteiger partial charge in [-0.3, -0.25) is 9.59 Å². The lowest BCUT2D eigenvalue weighted by atomic mass is 9.98. The van der Waals surface area contributed by atoms with Crippen LogP contribution in [0, 0.1) is 5.92 Å². The minimum atomic E-state index is -0.636. The molecule has 0 aliphatic carbocycles. The molecule has 2 aliphatic heterocycles. The van der Waals surface area contributed by atoms with Crippen LogP contribution < -0.4 is 16.1 Å². The van der Waals surface area contributed by atoms with Gasteiger partial charge in [0.05, 0.1) is 35.1 Å². The summed E-state index contributed by atoms with van der Waals surface area (Å²) in [6.45, 7) is 7.60. The lowest BCUT2D eigenvalue weighted by Gasteiger charge is -2.31. The molecule has 0 bridgehead atoms. The van der Waals surface area contributed by atoms with Crippen LogP contribution >= 0.6 is 11.8 Å². The van der Waals surface area contributed by atoms with Crippen LogP contribution in [0.2, 0.25) is 0 Å². The fourth-order valence-corrected chi connectivity index (χ4v) is 8.56. The number of benzene rings is 3. The molecule has 0 saturated carbocycles. The van der Waals surface area contributed by atoms with Crippen LogP contribution in [0.4, 0.5) is 4.79 Å². The molecule has 0 spiro atoms. The highest BCUT2D eigenvalue weighted by Gasteiger charge is 2.37. The van der Waals surface area contributed by atoms with E-state index < -0.39 is 12.1 Å². The zero-order valence-electron chi connectivity index (χ0n) is 28.9. The maximum atomic E-state index is 13.5. The number of hydrogen-bond donors (Lipinski definition) is 4. The summed E-state index contributed by atoms with van der Waals surface area (Å²) in [5.74, 6) is 0.715. The number of H-pyrrole nitrogens is 2. The quantitative estimate of drug-likeness (QED) is 0.128. The molecule has 3 aromatic carbocycles. The average molecular weight is 693 g/mol. The Morgan fingerprint density at radius 1 is 0.940 bits per heavy atom. The number of nitrogens with zero attached hydrogens (tertiary/aromatic N) is 2. The molecule has 4 atom stereocenters. The van der Waals surface area contributed by atoms with Crippen LogP contribution in [0.3, 0.4) is 0 Å². The van der Waals surface area contributed by atoms with Gasteiger partial charge in [-0.1, -0.05) is 44.2 Å². The van der Waals surface area contributed by atoms with Crippen molar-refractivity contribution in [2.24, 2.45) is 5.92 Å². The number of amides is 2. The number of aromatic amines is 2. The maximum Gasteiger partial charge on any atom is 0.407 e. The molecule has 4 N–H and O–H groups in total. The van der Waals surface area contributed by atoms with Gasteiger partial charge in [-0.15, -0.1) is 11.8 Å². The van der Waals surface area contributed by atoms with E-state index in [1.54, 1.807) is 17.8 Å². The minimum absolute atomic E-state index is 0.00387. The number of thioether (sulfide) groups is 1. The predicted octanol–water partition coefficient (Wildman–Crippen LogP) is 7.29. The molecule has 7 rings (SSSR count). The smallest absolute Gasteiger partial charge is 0.407 e. The van der Waals surface area contributed by atoms with Crippen molar-refractivity contribution in [2.75, 3.05) is 20.2 Å². The first-order chi connectivity index (χ1) is 24.2. The van der Waals surface area contributed by atoms with Crippen LogP contribution in [0.5, 0.6) is 0 Å². The van der Waals surface area contributed by atoms with E-state index in [9.17, 15) is 14.4 Å². The summed E-state index contributed by atoms with van der Waals surface area (Å²) in [7, 11) is 1.31. The largest absolute Gasteiger partial charge is 0.453 e. The fraction of sp³-hybridized carbons (Fsp3) is 0.385. The van der Waals surface area contributed by atoms with Crippen LogP contribution in [-0.4, -0.2) is 63.5 Å². The first-order valence-corrected chi connectivity index (χ1v) is 18.4. The number of rotatable bonds is 9. The van der Waals surface area contributed by atoms with Crippen molar-refractivity contribution in [3.05, 3.63) is 88.6 Å². The second-order valence-electron chi connectivity index (χ2n) is 13.7. The Morgan fingerprint density at radius 3 is 2.42 bits per heavy atom. The summed E-state index contributed by atoms with van der Waals surface area (Å²) in [6, 6.07) is 20.2. The van der Waals surface area contributed by atoms with E-state index >= 15 is 0 Å². The molecule has 2 amide bonds. The molecule has 2 aromatic heterocycles. The summed E-state index contributed by atoms with van der Waals surface area (Å²) in [6.07, 6.45) is 5.23. The SMILES string of the molecule is COC(=O)N[C@H](C(=O)N1CCCC1SC(C)c1ncc(-c2ccc3cc(-c4ccc5c(=O)cc(C6CCCN6)[nH]c5c4)ccc3c2)[nH]1)C(C)C. The standard InChI is InChI=1S/C39H44N6O4S/c1-22(2)36(44-39(48)49-4)38(47)45-16-6-8-35(45)50-23(3)37-41-21-33(43-37)28-12-11-24-17-25(9-10-26(24)18-28)27-13-14-29-31(19-27)42-32(20-34(29)46)30-7-5-15-40-30/h9-14,17-23,30,35-36,40H,5-8,15-16H2,1-4H3,(H,41,43)(H,42,46)(H,44,48)/t23?,30?,35?,36-/m0/s1. The first-order valence-electron chi connectivity index (χ1n) is 17.5. The van der Waals surface area contributed by atoms with Crippen molar-refractivity contribution in [1.82, 2.24) is 30.5 Å². The Morgan fingerprint density at radius 2 is 1.68 bits per heavy atom. The number of methoxy groups -OCH3 is 1. The fourth-order valence-electron chi connectivity index (χ4n) is 7.18. The number of nitrogens with one attached hydrogen (secondary N) is 4. The zero-order valence-corrected chi connectivity index (χ0v) is 29.7. The Balaban J connectivity index is 1.06. The third-order valence-electron chi connectivity index (χ3n) is 9.98. The van der Waals surface area contributed by atoms with Crippen molar-refractivity contribution >= 4 is 45.4 Å². The molecule has 5 aromatic rings. The molecule has 10 nitrogen and oxygen atoms in total. The molecular weight excluding hydrogens is 649 g/mol. The van der Waals surface area contributed by atoms with E-state index in [0.717, 1.165) is 82.4 Å². The molecule has 2 fully saturated rings. The lowest BCUT2D eigenvalue weighted by molar-refractivity contribution is -0.133. The number of imidazole rings is 1. The molecule has 2 aliphatic rings. The van der Waals surface area contributed by atoms with Gasteiger partial charge >= 0.3 is 6.09 Å². The second-order valence-corrected chi connectivity index (χ2v) is 15.2. The number of ether oxygens (including phenoxy) is 1. The van der Waals surface area contributed by atoms with Gasteiger partial charge in [0.2, 0.25) is 5.91 Å². The molecule has 0 radical (unpaired) electrons. The number of fused-ring (bicyclic) bond motifs is 2. The van der Waals surface area contributed by atoms with Gasteiger partial charge in [0.15, 0.2) is 5.43 Å². The number of hydrogen-bond acceptors (Lipinski definition) is 7. The highest BCUT2D eigenvalue weighted by atomic mass is 32.2. The van der Waals surface area contributed by atoms with E-state index in [2.05, 4.69) is 70.0 Å². The van der Waals surface area contributed by atoms with Crippen molar-refractivity contribution in [2.45, 2.75) is 69.2 Å². The Labute approximate surface area is 295 Å². The van der Waals surface area contributed by atoms with E-state index in [0.29, 0.717) is 11.9 Å². The monoisotopic (exact) mass is 692 g/mol. The maximum absolute atomic E-state index is 13.5. The van der Waals surface area contributed by atoms with E-state index in [1.165, 1.54) is 7.11 Å². The molecule has 50 heavy (non-hydrogen) atoms. The molecule has 260 valence electrons. The van der Waals surface area contributed by atoms with Crippen molar-refractivity contribution in [3.8, 4) is 22.4 Å². The van der Waals surface area contributed by atoms with Crippen LogP contribution in [0.1, 0.15) is 69.3 Å². The Bertz CT molecular complexity index is 2100. The number of likely N-dealkylation sites (tertiary alicyclic amines) is 1. The lowest BCUT2D eigenvalue weighted by Crippen LogP contribution is -2.52. The van der Waals surface area contributed by atoms with Gasteiger partial charge in [0, 0.05) is 35.3 Å². The summed E-state index contributed by atoms with van der Waals surface area (Å²) >= 11 is 1.71. The third kappa shape index (κ3) is 6.89. The van der Waals surface area contributed by atoms with Crippen LogP contribution in [0.15, 0.2) is 71.7 Å². The van der Waals surface area contributed by atoms with Gasteiger partial charge in [-0.2, -0.15) is 0 Å². The molecule has 3 unspecified atom stereocenters. The number of alkyl carbamates (subject to hydrolysis) is 1. The second kappa shape index (κ2) is 14.3. The van der Waals surface area contributed by atoms with Gasteiger partial charge in [0.1, 0.15) is 11.9 Å². The minimum Gasteiger partial charge on any atom is -0.453 e. The molecular formula is C39H44N6O4S. The Kier molecular flexibility index (Phi) is 9.70. The van der Waals surface area contributed by atoms with Gasteiger partial charge < -0.3 is 30.2 Å². The molecule has 2 saturated heterocycles. The Hall–Kier alpha value is -4.61. The summed E-state index contributed by atoms with van der Waals surface area (Å²) in [4.78, 5) is 52.0. The number of carbonyl (C=O) groups is 2. The first kappa shape index (κ1) is 33.9. The van der Waals surface area contributed by atoms with Crippen LogP contribution in [-0.2, 0) is 9.53 Å². The molecule has 11 heteroatoms. The van der Waals surface area contributed by atoms with Crippen molar-refractivity contribution < 1.29 is 14.3 Å². The summed E-state index contributed by atoms with van der Waals surface area (Å²) in [5.41, 5.74) is 6.00. The van der Waals surface area contributed by atoms with Crippen molar-refractivity contribution in [3.63, 3.8) is 0 Å². The van der Waals surface area contributed by atoms with Gasteiger partial charge in [-0.25, -0.2) is 9.78 Å². The highest BCUT2D eigenvalue weighted by Crippen LogP contribution is 2.38.